The monoisotopic (exact) mass is 370 g/mol. The first-order chi connectivity index (χ1) is 8.43. The van der Waals surface area contributed by atoms with Crippen LogP contribution in [0.4, 0.5) is 0 Å². The average molecular weight is 372 g/mol. The van der Waals surface area contributed by atoms with Gasteiger partial charge in [-0.2, -0.15) is 0 Å². The van der Waals surface area contributed by atoms with Crippen LogP contribution < -0.4 is 0 Å². The fourth-order valence-electron chi connectivity index (χ4n) is 2.07. The Bertz CT molecular complexity index is 548. The third kappa shape index (κ3) is 3.98. The van der Waals surface area contributed by atoms with Crippen LogP contribution in [0, 0.1) is 0 Å². The first-order valence-corrected chi connectivity index (χ1v) is 8.17. The fourth-order valence-corrected chi connectivity index (χ4v) is 5.43. The number of halogens is 2. The van der Waals surface area contributed by atoms with E-state index in [4.69, 9.17) is 0 Å². The average Bonchev–Trinajstić information content (AvgIpc) is 3.02. The second kappa shape index (κ2) is 7.94. The predicted octanol–water partition coefficient (Wildman–Crippen LogP) is 3.92. The van der Waals surface area contributed by atoms with Crippen LogP contribution in [-0.2, 0) is 23.2 Å². The van der Waals surface area contributed by atoms with Gasteiger partial charge in [0.15, 0.2) is 0 Å². The maximum Gasteiger partial charge on any atom is -0.147 e. The van der Waals surface area contributed by atoms with E-state index in [9.17, 15) is 0 Å². The molecular weight excluding hydrogens is 358 g/mol. The van der Waals surface area contributed by atoms with Crippen LogP contribution in [0.3, 0.4) is 0 Å². The molecule has 1 aromatic rings. The molecule has 0 N–H and O–H groups in total. The molecule has 0 fully saturated rings. The number of rotatable bonds is 3. The summed E-state index contributed by atoms with van der Waals surface area (Å²) in [6.07, 6.45) is 19.0. The Labute approximate surface area is 137 Å². The Hall–Kier alpha value is -0.497. The minimum Gasteiger partial charge on any atom is -0.147 e. The van der Waals surface area contributed by atoms with Crippen molar-refractivity contribution >= 4 is 30.4 Å². The molecule has 0 saturated carbocycles. The SMILES string of the molecule is C1=CC[C]([Zr][C]2=C(c3cncnc3)C=CC2)=C1.Cl.Cl. The van der Waals surface area contributed by atoms with Crippen LogP contribution in [0.1, 0.15) is 18.4 Å². The Balaban J connectivity index is 0.000000902. The van der Waals surface area contributed by atoms with Crippen molar-refractivity contribution in [3.05, 3.63) is 61.2 Å². The van der Waals surface area contributed by atoms with Crippen molar-refractivity contribution < 1.29 is 23.2 Å². The molecule has 0 atom stereocenters. The van der Waals surface area contributed by atoms with Crippen LogP contribution in [0.5, 0.6) is 0 Å². The van der Waals surface area contributed by atoms with Crippen molar-refractivity contribution in [2.24, 2.45) is 0 Å². The molecular formula is C14H14Cl2N2Zr. The van der Waals surface area contributed by atoms with Gasteiger partial charge in [-0.15, -0.1) is 24.8 Å². The van der Waals surface area contributed by atoms with Gasteiger partial charge in [-0.25, -0.2) is 0 Å². The van der Waals surface area contributed by atoms with Crippen molar-refractivity contribution in [2.45, 2.75) is 12.8 Å². The molecule has 0 amide bonds. The third-order valence-corrected chi connectivity index (χ3v) is 6.49. The number of nitrogens with zero attached hydrogens (tertiary/aromatic N) is 2. The predicted molar refractivity (Wildman–Crippen MR) is 79.0 cm³/mol. The van der Waals surface area contributed by atoms with Gasteiger partial charge in [0.05, 0.1) is 0 Å². The Morgan fingerprint density at radius 2 is 1.79 bits per heavy atom. The van der Waals surface area contributed by atoms with Crippen LogP contribution in [0.25, 0.3) is 5.57 Å². The molecule has 2 nitrogen and oxygen atoms in total. The second-order valence-electron chi connectivity index (χ2n) is 4.08. The number of allylic oxidation sites excluding steroid dienone is 8. The molecule has 3 rings (SSSR count). The topological polar surface area (TPSA) is 25.8 Å². The van der Waals surface area contributed by atoms with E-state index >= 15 is 0 Å². The van der Waals surface area contributed by atoms with Crippen molar-refractivity contribution in [2.75, 3.05) is 0 Å². The number of aromatic nitrogens is 2. The molecule has 0 unspecified atom stereocenters. The zero-order valence-electron chi connectivity index (χ0n) is 10.2. The molecule has 2 aliphatic carbocycles. The molecule has 0 saturated heterocycles. The van der Waals surface area contributed by atoms with E-state index < -0.39 is 23.2 Å². The summed E-state index contributed by atoms with van der Waals surface area (Å²) in [5.41, 5.74) is 2.55. The molecule has 0 aromatic carbocycles. The van der Waals surface area contributed by atoms with Gasteiger partial charge in [0.1, 0.15) is 0 Å². The largest absolute Gasteiger partial charge is 0.147 e. The van der Waals surface area contributed by atoms with Crippen LogP contribution in [0.2, 0.25) is 0 Å². The van der Waals surface area contributed by atoms with Gasteiger partial charge in [-0.05, 0) is 0 Å². The first kappa shape index (κ1) is 16.6. The molecule has 0 spiro atoms. The van der Waals surface area contributed by atoms with E-state index in [0.29, 0.717) is 0 Å². The number of hydrogen-bond acceptors (Lipinski definition) is 2. The van der Waals surface area contributed by atoms with Gasteiger partial charge in [0.25, 0.3) is 0 Å². The first-order valence-electron chi connectivity index (χ1n) is 5.71. The van der Waals surface area contributed by atoms with Crippen molar-refractivity contribution in [1.82, 2.24) is 9.97 Å². The molecule has 19 heavy (non-hydrogen) atoms. The summed E-state index contributed by atoms with van der Waals surface area (Å²) in [5, 5.41) is 0. The third-order valence-electron chi connectivity index (χ3n) is 2.89. The minimum absolute atomic E-state index is 0. The van der Waals surface area contributed by atoms with Gasteiger partial charge < -0.3 is 0 Å². The summed E-state index contributed by atoms with van der Waals surface area (Å²) < 4.78 is 3.32. The maximum absolute atomic E-state index is 4.11. The van der Waals surface area contributed by atoms with Crippen molar-refractivity contribution in [1.29, 1.82) is 0 Å². The van der Waals surface area contributed by atoms with E-state index in [1.165, 1.54) is 17.6 Å². The smallest absolute Gasteiger partial charge is 0.147 e. The molecule has 5 heteroatoms. The van der Waals surface area contributed by atoms with E-state index in [1.54, 1.807) is 12.9 Å². The van der Waals surface area contributed by atoms with Crippen LogP contribution >= 0.6 is 24.8 Å². The van der Waals surface area contributed by atoms with Gasteiger partial charge >= 0.3 is 113 Å². The molecule has 1 heterocycles. The van der Waals surface area contributed by atoms with Crippen molar-refractivity contribution in [3.63, 3.8) is 0 Å². The summed E-state index contributed by atoms with van der Waals surface area (Å²) in [4.78, 5) is 8.22. The Morgan fingerprint density at radius 1 is 1.00 bits per heavy atom. The maximum atomic E-state index is 4.11. The fraction of sp³-hybridized carbons (Fsp3) is 0.143. The summed E-state index contributed by atoms with van der Waals surface area (Å²) in [6.45, 7) is 0. The molecule has 0 radical (unpaired) electrons. The second-order valence-corrected chi connectivity index (χ2v) is 7.75. The van der Waals surface area contributed by atoms with Crippen LogP contribution in [-0.4, -0.2) is 9.97 Å². The molecule has 2 aliphatic rings. The van der Waals surface area contributed by atoms with Crippen LogP contribution in [0.15, 0.2) is 55.7 Å². The molecule has 98 valence electrons. The zero-order valence-corrected chi connectivity index (χ0v) is 14.3. The van der Waals surface area contributed by atoms with E-state index in [0.717, 1.165) is 6.42 Å². The summed E-state index contributed by atoms with van der Waals surface area (Å²) in [5.74, 6) is 0. The van der Waals surface area contributed by atoms with E-state index in [-0.39, 0.29) is 24.8 Å². The normalized spacial score (nSPS) is 15.9. The summed E-state index contributed by atoms with van der Waals surface area (Å²) in [6, 6.07) is 0. The summed E-state index contributed by atoms with van der Waals surface area (Å²) >= 11 is -0.567. The zero-order chi connectivity index (χ0) is 11.5. The van der Waals surface area contributed by atoms with Gasteiger partial charge in [-0.3, -0.25) is 0 Å². The van der Waals surface area contributed by atoms with Gasteiger partial charge in [-0.1, -0.05) is 0 Å². The van der Waals surface area contributed by atoms with E-state index in [2.05, 4.69) is 40.3 Å². The van der Waals surface area contributed by atoms with Crippen molar-refractivity contribution in [3.8, 4) is 0 Å². The summed E-state index contributed by atoms with van der Waals surface area (Å²) in [7, 11) is 0. The quantitative estimate of drug-likeness (QED) is 0.804. The standard InChI is InChI=1S/C9H7N2.C5H5.2ClH.Zr/c1-2-4-8(3-1)9-5-10-7-11-6-9;1-2-4-5-3-1;;;/h1,3,5-7H,2H2;1-3H,4H2;2*1H;. The molecule has 0 bridgehead atoms. The Kier molecular flexibility index (Phi) is 6.92. The van der Waals surface area contributed by atoms with Gasteiger partial charge in [0.2, 0.25) is 0 Å². The number of hydrogen-bond donors (Lipinski definition) is 0. The Morgan fingerprint density at radius 3 is 2.47 bits per heavy atom. The van der Waals surface area contributed by atoms with E-state index in [1.807, 2.05) is 12.4 Å². The van der Waals surface area contributed by atoms with Gasteiger partial charge in [0, 0.05) is 0 Å². The molecule has 1 aromatic heterocycles. The minimum atomic E-state index is -0.567. The molecule has 0 aliphatic heterocycles.